The molecular formula is C21H25ClN2O. The molecule has 0 aromatic heterocycles. The Kier molecular flexibility index (Phi) is 5.25. The minimum atomic E-state index is 0.563. The van der Waals surface area contributed by atoms with Gasteiger partial charge in [-0.1, -0.05) is 35.9 Å². The van der Waals surface area contributed by atoms with Crippen molar-refractivity contribution in [3.05, 3.63) is 64.7 Å². The maximum atomic E-state index is 5.93. The van der Waals surface area contributed by atoms with E-state index < -0.39 is 0 Å². The average molecular weight is 357 g/mol. The first kappa shape index (κ1) is 16.9. The van der Waals surface area contributed by atoms with E-state index in [4.69, 9.17) is 16.3 Å². The molecule has 0 saturated carbocycles. The van der Waals surface area contributed by atoms with E-state index in [0.717, 1.165) is 28.8 Å². The standard InChI is InChI=1S/C21H25ClN2O/c22-19-6-4-16(5-7-19)15-25-20-3-1-2-17(12-20)13-23-21-14-24-10-8-18(21)9-11-24/h1-7,12,18,21,23H,8-11,13-15H2/t21-/m0/s1. The van der Waals surface area contributed by atoms with Gasteiger partial charge in [-0.2, -0.15) is 0 Å². The summed E-state index contributed by atoms with van der Waals surface area (Å²) in [6, 6.07) is 16.8. The maximum Gasteiger partial charge on any atom is 0.120 e. The number of fused-ring (bicyclic) bond motifs is 3. The normalized spacial score (nSPS) is 25.1. The molecule has 3 nitrogen and oxygen atoms in total. The van der Waals surface area contributed by atoms with Crippen molar-refractivity contribution in [3.8, 4) is 5.75 Å². The lowest BCUT2D eigenvalue weighted by Gasteiger charge is -2.45. The van der Waals surface area contributed by atoms with Gasteiger partial charge >= 0.3 is 0 Å². The Hall–Kier alpha value is -1.55. The van der Waals surface area contributed by atoms with Crippen molar-refractivity contribution in [1.29, 1.82) is 0 Å². The monoisotopic (exact) mass is 356 g/mol. The highest BCUT2D eigenvalue weighted by molar-refractivity contribution is 6.30. The van der Waals surface area contributed by atoms with E-state index in [0.29, 0.717) is 12.6 Å². The molecule has 0 spiro atoms. The highest BCUT2D eigenvalue weighted by Crippen LogP contribution is 2.27. The van der Waals surface area contributed by atoms with Crippen LogP contribution in [0.15, 0.2) is 48.5 Å². The van der Waals surface area contributed by atoms with Crippen LogP contribution in [0.25, 0.3) is 0 Å². The summed E-state index contributed by atoms with van der Waals surface area (Å²) in [5.41, 5.74) is 2.41. The van der Waals surface area contributed by atoms with Gasteiger partial charge in [0, 0.05) is 24.2 Å². The fourth-order valence-electron chi connectivity index (χ4n) is 3.94. The topological polar surface area (TPSA) is 24.5 Å². The van der Waals surface area contributed by atoms with Crippen LogP contribution in [0.2, 0.25) is 5.02 Å². The first-order valence-electron chi connectivity index (χ1n) is 9.18. The van der Waals surface area contributed by atoms with Crippen molar-refractivity contribution in [2.75, 3.05) is 19.6 Å². The predicted molar refractivity (Wildman–Crippen MR) is 102 cm³/mol. The van der Waals surface area contributed by atoms with Crippen LogP contribution >= 0.6 is 11.6 Å². The highest BCUT2D eigenvalue weighted by atomic mass is 35.5. The predicted octanol–water partition coefficient (Wildman–Crippen LogP) is 4.10. The van der Waals surface area contributed by atoms with Crippen LogP contribution in [-0.2, 0) is 13.2 Å². The van der Waals surface area contributed by atoms with Gasteiger partial charge in [0.25, 0.3) is 0 Å². The number of nitrogens with one attached hydrogen (secondary N) is 1. The van der Waals surface area contributed by atoms with Crippen LogP contribution in [0.4, 0.5) is 0 Å². The van der Waals surface area contributed by atoms with E-state index in [1.807, 2.05) is 30.3 Å². The van der Waals surface area contributed by atoms with Crippen LogP contribution in [0, 0.1) is 5.92 Å². The molecule has 0 radical (unpaired) electrons. The van der Waals surface area contributed by atoms with Gasteiger partial charge in [-0.3, -0.25) is 0 Å². The zero-order valence-corrected chi connectivity index (χ0v) is 15.2. The zero-order chi connectivity index (χ0) is 17.1. The zero-order valence-electron chi connectivity index (χ0n) is 14.5. The van der Waals surface area contributed by atoms with E-state index in [9.17, 15) is 0 Å². The summed E-state index contributed by atoms with van der Waals surface area (Å²) in [6.07, 6.45) is 2.70. The summed E-state index contributed by atoms with van der Waals surface area (Å²) in [7, 11) is 0. The van der Waals surface area contributed by atoms with Gasteiger partial charge in [0.05, 0.1) is 0 Å². The minimum absolute atomic E-state index is 0.563. The fraction of sp³-hybridized carbons (Fsp3) is 0.429. The Balaban J connectivity index is 1.31. The summed E-state index contributed by atoms with van der Waals surface area (Å²) in [5, 5.41) is 4.52. The van der Waals surface area contributed by atoms with Gasteiger partial charge in [0.1, 0.15) is 12.4 Å². The lowest BCUT2D eigenvalue weighted by Crippen LogP contribution is -2.55. The van der Waals surface area contributed by atoms with Crippen molar-refractivity contribution in [2.24, 2.45) is 5.92 Å². The van der Waals surface area contributed by atoms with E-state index in [1.165, 1.54) is 38.0 Å². The molecule has 25 heavy (non-hydrogen) atoms. The molecule has 3 aliphatic heterocycles. The van der Waals surface area contributed by atoms with Gasteiger partial charge in [-0.15, -0.1) is 0 Å². The van der Waals surface area contributed by atoms with E-state index in [2.05, 4.69) is 28.4 Å². The maximum absolute atomic E-state index is 5.93. The summed E-state index contributed by atoms with van der Waals surface area (Å²) in [4.78, 5) is 2.59. The third-order valence-corrected chi connectivity index (χ3v) is 5.69. The van der Waals surface area contributed by atoms with Crippen LogP contribution in [0.1, 0.15) is 24.0 Å². The van der Waals surface area contributed by atoms with Gasteiger partial charge in [0.2, 0.25) is 0 Å². The van der Waals surface area contributed by atoms with Gasteiger partial charge in [-0.05, 0) is 67.2 Å². The SMILES string of the molecule is Clc1ccc(COc2cccc(CN[C@H]3CN4CCC3CC4)c2)cc1. The quantitative estimate of drug-likeness (QED) is 0.843. The van der Waals surface area contributed by atoms with Crippen LogP contribution < -0.4 is 10.1 Å². The Morgan fingerprint density at radius 2 is 1.84 bits per heavy atom. The number of halogens is 1. The van der Waals surface area contributed by atoms with Crippen LogP contribution in [0.5, 0.6) is 5.75 Å². The molecule has 1 N–H and O–H groups in total. The second-order valence-corrected chi connectivity index (χ2v) is 7.62. The third-order valence-electron chi connectivity index (χ3n) is 5.44. The Morgan fingerprint density at radius 3 is 2.56 bits per heavy atom. The second kappa shape index (κ2) is 7.77. The number of rotatable bonds is 6. The molecule has 3 heterocycles. The molecule has 2 aromatic carbocycles. The van der Waals surface area contributed by atoms with E-state index >= 15 is 0 Å². The lowest BCUT2D eigenvalue weighted by atomic mass is 9.84. The largest absolute Gasteiger partial charge is 0.489 e. The van der Waals surface area contributed by atoms with Crippen molar-refractivity contribution < 1.29 is 4.74 Å². The molecule has 2 aromatic rings. The van der Waals surface area contributed by atoms with Gasteiger partial charge in [0.15, 0.2) is 0 Å². The van der Waals surface area contributed by atoms with Crippen molar-refractivity contribution in [1.82, 2.24) is 10.2 Å². The lowest BCUT2D eigenvalue weighted by molar-refractivity contribution is 0.0720. The van der Waals surface area contributed by atoms with Crippen molar-refractivity contribution >= 4 is 11.6 Å². The van der Waals surface area contributed by atoms with Gasteiger partial charge < -0.3 is 15.0 Å². The Labute approximate surface area is 154 Å². The highest BCUT2D eigenvalue weighted by Gasteiger charge is 2.33. The molecule has 3 fully saturated rings. The summed E-state index contributed by atoms with van der Waals surface area (Å²) < 4.78 is 5.93. The van der Waals surface area contributed by atoms with Gasteiger partial charge in [-0.25, -0.2) is 0 Å². The molecule has 4 heteroatoms. The number of nitrogens with zero attached hydrogens (tertiary/aromatic N) is 1. The Morgan fingerprint density at radius 1 is 1.04 bits per heavy atom. The summed E-state index contributed by atoms with van der Waals surface area (Å²) in [5.74, 6) is 1.78. The molecular weight excluding hydrogens is 332 g/mol. The number of piperidine rings is 3. The Bertz CT molecular complexity index is 695. The number of hydrogen-bond acceptors (Lipinski definition) is 3. The second-order valence-electron chi connectivity index (χ2n) is 7.19. The number of ether oxygens (including phenoxy) is 1. The minimum Gasteiger partial charge on any atom is -0.489 e. The summed E-state index contributed by atoms with van der Waals surface area (Å²) >= 11 is 5.92. The van der Waals surface area contributed by atoms with Crippen molar-refractivity contribution in [3.63, 3.8) is 0 Å². The summed E-state index contributed by atoms with van der Waals surface area (Å²) in [6.45, 7) is 5.26. The number of hydrogen-bond donors (Lipinski definition) is 1. The molecule has 132 valence electrons. The van der Waals surface area contributed by atoms with E-state index in [1.54, 1.807) is 0 Å². The molecule has 0 unspecified atom stereocenters. The van der Waals surface area contributed by atoms with E-state index in [-0.39, 0.29) is 0 Å². The fourth-order valence-corrected chi connectivity index (χ4v) is 4.06. The molecule has 3 aliphatic rings. The van der Waals surface area contributed by atoms with Crippen molar-refractivity contribution in [2.45, 2.75) is 32.0 Å². The molecule has 5 rings (SSSR count). The third kappa shape index (κ3) is 4.35. The molecule has 0 amide bonds. The van der Waals surface area contributed by atoms with Crippen LogP contribution in [0.3, 0.4) is 0 Å². The first-order chi connectivity index (χ1) is 12.3. The average Bonchev–Trinajstić information content (AvgIpc) is 2.67. The molecule has 2 bridgehead atoms. The first-order valence-corrected chi connectivity index (χ1v) is 9.56. The molecule has 3 saturated heterocycles. The van der Waals surface area contributed by atoms with Crippen LogP contribution in [-0.4, -0.2) is 30.6 Å². The smallest absolute Gasteiger partial charge is 0.120 e. The molecule has 0 aliphatic carbocycles. The molecule has 1 atom stereocenters. The number of benzene rings is 2.